The molecule has 1 amide bonds. The number of rotatable bonds is 6. The number of nitrogens with zero attached hydrogens (tertiary/aromatic N) is 3. The molecule has 1 aromatic carbocycles. The van der Waals surface area contributed by atoms with Gasteiger partial charge in [-0.3, -0.25) is 4.79 Å². The number of aromatic nitrogens is 1. The van der Waals surface area contributed by atoms with Crippen molar-refractivity contribution in [2.45, 2.75) is 63.0 Å². The summed E-state index contributed by atoms with van der Waals surface area (Å²) in [5.74, 6) is 5.62. The van der Waals surface area contributed by atoms with Gasteiger partial charge in [0.25, 0.3) is 5.91 Å². The molecule has 0 unspecified atom stereocenters. The highest BCUT2D eigenvalue weighted by atomic mass is 32.2. The summed E-state index contributed by atoms with van der Waals surface area (Å²) in [6, 6.07) is 6.04. The van der Waals surface area contributed by atoms with Gasteiger partial charge in [0.05, 0.1) is 24.1 Å². The van der Waals surface area contributed by atoms with Crippen LogP contribution in [0.15, 0.2) is 41.4 Å². The van der Waals surface area contributed by atoms with E-state index in [1.165, 1.54) is 44.5 Å². The van der Waals surface area contributed by atoms with Crippen LogP contribution in [0.4, 0.5) is 4.39 Å². The quantitative estimate of drug-likeness (QED) is 0.544. The molecule has 39 heavy (non-hydrogen) atoms. The van der Waals surface area contributed by atoms with Crippen LogP contribution < -0.4 is 4.74 Å². The van der Waals surface area contributed by atoms with Crippen LogP contribution >= 0.6 is 0 Å². The van der Waals surface area contributed by atoms with Crippen LogP contribution in [-0.4, -0.2) is 72.5 Å². The Morgan fingerprint density at radius 1 is 1.26 bits per heavy atom. The van der Waals surface area contributed by atoms with E-state index in [-0.39, 0.29) is 47.9 Å². The van der Waals surface area contributed by atoms with Crippen molar-refractivity contribution < 1.29 is 27.4 Å². The third-order valence-electron chi connectivity index (χ3n) is 7.49. The van der Waals surface area contributed by atoms with Gasteiger partial charge in [-0.05, 0) is 44.0 Å². The second kappa shape index (κ2) is 12.5. The molecule has 0 radical (unpaired) electrons. The lowest BCUT2D eigenvalue weighted by Crippen LogP contribution is -2.50. The number of hydrogen-bond acceptors (Lipinski definition) is 6. The summed E-state index contributed by atoms with van der Waals surface area (Å²) >= 11 is 0. The van der Waals surface area contributed by atoms with E-state index >= 15 is 0 Å². The predicted octanol–water partition coefficient (Wildman–Crippen LogP) is 3.69. The SMILES string of the molecule is C[C@H](CO)N1C[C@H](C)[C@H](CN(C)S(=O)(=O)c2cccc(F)c2)Oc2ncc(C#CC3CCCCC3)cc2C1=O. The van der Waals surface area contributed by atoms with Crippen molar-refractivity contribution in [2.24, 2.45) is 11.8 Å². The molecule has 1 saturated carbocycles. The number of hydrogen-bond donors (Lipinski definition) is 1. The molecule has 1 aromatic heterocycles. The number of fused-ring (bicyclic) bond motifs is 1. The van der Waals surface area contributed by atoms with Gasteiger partial charge in [-0.1, -0.05) is 44.1 Å². The molecule has 8 nitrogen and oxygen atoms in total. The fraction of sp³-hybridized carbons (Fsp3) is 0.517. The van der Waals surface area contributed by atoms with Gasteiger partial charge >= 0.3 is 0 Å². The minimum absolute atomic E-state index is 0.0556. The van der Waals surface area contributed by atoms with Crippen molar-refractivity contribution in [2.75, 3.05) is 26.7 Å². The maximum atomic E-state index is 13.7. The van der Waals surface area contributed by atoms with Crippen molar-refractivity contribution in [1.82, 2.24) is 14.2 Å². The zero-order valence-electron chi connectivity index (χ0n) is 22.6. The van der Waals surface area contributed by atoms with E-state index in [0.29, 0.717) is 11.5 Å². The zero-order chi connectivity index (χ0) is 28.2. The van der Waals surface area contributed by atoms with E-state index in [0.717, 1.165) is 23.2 Å². The van der Waals surface area contributed by atoms with Gasteiger partial charge in [0.2, 0.25) is 15.9 Å². The third kappa shape index (κ3) is 6.78. The van der Waals surface area contributed by atoms with Crippen LogP contribution in [0.1, 0.15) is 61.9 Å². The highest BCUT2D eigenvalue weighted by molar-refractivity contribution is 7.89. The van der Waals surface area contributed by atoms with E-state index in [9.17, 15) is 22.7 Å². The first kappa shape index (κ1) is 29.0. The van der Waals surface area contributed by atoms with Crippen molar-refractivity contribution in [1.29, 1.82) is 0 Å². The van der Waals surface area contributed by atoms with Crippen LogP contribution in [0, 0.1) is 29.5 Å². The monoisotopic (exact) mass is 557 g/mol. The number of carbonyl (C=O) groups excluding carboxylic acids is 1. The first-order valence-electron chi connectivity index (χ1n) is 13.4. The second-order valence-electron chi connectivity index (χ2n) is 10.5. The van der Waals surface area contributed by atoms with Crippen molar-refractivity contribution in [3.05, 3.63) is 53.5 Å². The van der Waals surface area contributed by atoms with Gasteiger partial charge < -0.3 is 14.7 Å². The van der Waals surface area contributed by atoms with E-state index in [2.05, 4.69) is 16.8 Å². The van der Waals surface area contributed by atoms with E-state index in [4.69, 9.17) is 4.74 Å². The second-order valence-corrected chi connectivity index (χ2v) is 12.6. The largest absolute Gasteiger partial charge is 0.472 e. The summed E-state index contributed by atoms with van der Waals surface area (Å²) < 4.78 is 47.4. The van der Waals surface area contributed by atoms with Gasteiger partial charge in [-0.2, -0.15) is 4.31 Å². The summed E-state index contributed by atoms with van der Waals surface area (Å²) in [5, 5.41) is 9.87. The van der Waals surface area contributed by atoms with E-state index in [1.807, 2.05) is 6.92 Å². The molecule has 2 heterocycles. The molecule has 1 aliphatic heterocycles. The highest BCUT2D eigenvalue weighted by Gasteiger charge is 2.36. The third-order valence-corrected chi connectivity index (χ3v) is 9.31. The van der Waals surface area contributed by atoms with Crippen LogP contribution in [-0.2, 0) is 10.0 Å². The lowest BCUT2D eigenvalue weighted by atomic mass is 9.90. The van der Waals surface area contributed by atoms with Gasteiger partial charge in [0, 0.05) is 37.2 Å². The van der Waals surface area contributed by atoms with Crippen LogP contribution in [0.5, 0.6) is 5.88 Å². The maximum Gasteiger partial charge on any atom is 0.259 e. The minimum Gasteiger partial charge on any atom is -0.472 e. The number of amides is 1. The first-order chi connectivity index (χ1) is 18.6. The molecular formula is C29H36FN3O5S. The Hall–Kier alpha value is -3.00. The molecule has 0 spiro atoms. The number of benzene rings is 1. The van der Waals surface area contributed by atoms with Gasteiger partial charge in [0.1, 0.15) is 17.5 Å². The summed E-state index contributed by atoms with van der Waals surface area (Å²) in [6.07, 6.45) is 6.61. The van der Waals surface area contributed by atoms with Crippen LogP contribution in [0.3, 0.4) is 0 Å². The summed E-state index contributed by atoms with van der Waals surface area (Å²) in [5.41, 5.74) is 0.821. The van der Waals surface area contributed by atoms with Gasteiger partial charge in [0.15, 0.2) is 0 Å². The fourth-order valence-corrected chi connectivity index (χ4v) is 6.19. The van der Waals surface area contributed by atoms with Crippen molar-refractivity contribution in [3.63, 3.8) is 0 Å². The van der Waals surface area contributed by atoms with Gasteiger partial charge in [-0.15, -0.1) is 0 Å². The lowest BCUT2D eigenvalue weighted by Gasteiger charge is -2.37. The Kier molecular flexibility index (Phi) is 9.26. The summed E-state index contributed by atoms with van der Waals surface area (Å²) in [4.78, 5) is 19.4. The summed E-state index contributed by atoms with van der Waals surface area (Å²) in [6.45, 7) is 3.55. The number of sulfonamides is 1. The topological polar surface area (TPSA) is 100 Å². The standard InChI is InChI=1S/C29H36FN3O5S/c1-20-17-33(21(2)19-34)29(35)26-14-23(13-12-22-8-5-4-6-9-22)16-31-28(26)38-27(20)18-32(3)39(36,37)25-11-7-10-24(30)15-25/h7,10-11,14-16,20-22,27,34H,4-6,8-9,17-19H2,1-3H3/t20-,21+,27-/m0/s1. The Bertz CT molecular complexity index is 1350. The molecule has 2 aromatic rings. The average molecular weight is 558 g/mol. The first-order valence-corrected chi connectivity index (χ1v) is 14.9. The van der Waals surface area contributed by atoms with Crippen LogP contribution in [0.25, 0.3) is 0 Å². The fourth-order valence-electron chi connectivity index (χ4n) is 4.98. The Morgan fingerprint density at radius 2 is 2.00 bits per heavy atom. The molecule has 1 fully saturated rings. The number of ether oxygens (including phenoxy) is 1. The van der Waals surface area contributed by atoms with Crippen molar-refractivity contribution in [3.8, 4) is 17.7 Å². The average Bonchev–Trinajstić information content (AvgIpc) is 2.93. The lowest BCUT2D eigenvalue weighted by molar-refractivity contribution is 0.0373. The molecule has 0 saturated heterocycles. The molecule has 4 rings (SSSR count). The normalized spacial score (nSPS) is 21.3. The molecular weight excluding hydrogens is 521 g/mol. The smallest absolute Gasteiger partial charge is 0.259 e. The highest BCUT2D eigenvalue weighted by Crippen LogP contribution is 2.29. The number of pyridine rings is 1. The van der Waals surface area contributed by atoms with Crippen molar-refractivity contribution >= 4 is 15.9 Å². The Morgan fingerprint density at radius 3 is 2.69 bits per heavy atom. The number of likely N-dealkylation sites (N-methyl/N-ethyl adjacent to an activating group) is 1. The van der Waals surface area contributed by atoms with Gasteiger partial charge in [-0.25, -0.2) is 17.8 Å². The molecule has 210 valence electrons. The van der Waals surface area contributed by atoms with E-state index in [1.54, 1.807) is 24.1 Å². The maximum absolute atomic E-state index is 13.7. The number of carbonyl (C=O) groups is 1. The van der Waals surface area contributed by atoms with E-state index < -0.39 is 28.0 Å². The molecule has 1 aliphatic carbocycles. The number of aliphatic hydroxyl groups is 1. The molecule has 2 aliphatic rings. The molecule has 3 atom stereocenters. The zero-order valence-corrected chi connectivity index (χ0v) is 23.5. The molecule has 0 bridgehead atoms. The Labute approximate surface area is 230 Å². The number of halogens is 1. The molecule has 1 N–H and O–H groups in total. The summed E-state index contributed by atoms with van der Waals surface area (Å²) in [7, 11) is -2.59. The molecule has 10 heteroatoms. The minimum atomic E-state index is -4.00. The predicted molar refractivity (Wildman–Crippen MR) is 145 cm³/mol. The number of aliphatic hydroxyl groups excluding tert-OH is 1. The Balaban J connectivity index is 1.65. The van der Waals surface area contributed by atoms with Crippen LogP contribution in [0.2, 0.25) is 0 Å².